The van der Waals surface area contributed by atoms with Crippen molar-refractivity contribution >= 4 is 17.5 Å². The highest BCUT2D eigenvalue weighted by atomic mass is 16.5. The summed E-state index contributed by atoms with van der Waals surface area (Å²) in [5.74, 6) is 0.117. The lowest BCUT2D eigenvalue weighted by Crippen LogP contribution is -2.52. The molecule has 2 heterocycles. The summed E-state index contributed by atoms with van der Waals surface area (Å²) in [4.78, 5) is 31.4. The number of anilines is 1. The zero-order chi connectivity index (χ0) is 17.6. The van der Waals surface area contributed by atoms with Crippen LogP contribution >= 0.6 is 0 Å². The number of hydrogen-bond donors (Lipinski definition) is 0. The molecule has 1 atom stereocenters. The number of benzene rings is 1. The number of nitrogens with zero attached hydrogens (tertiary/aromatic N) is 3. The fourth-order valence-corrected chi connectivity index (χ4v) is 3.60. The zero-order valence-corrected chi connectivity index (χ0v) is 14.9. The molecule has 0 N–H and O–H groups in total. The minimum absolute atomic E-state index is 0.0369. The first kappa shape index (κ1) is 17.7. The Balaban J connectivity index is 1.64. The highest BCUT2D eigenvalue weighted by Crippen LogP contribution is 2.21. The summed E-state index contributed by atoms with van der Waals surface area (Å²) in [5, 5.41) is 0. The number of rotatable bonds is 5. The van der Waals surface area contributed by atoms with Gasteiger partial charge in [0.2, 0.25) is 11.8 Å². The van der Waals surface area contributed by atoms with Gasteiger partial charge in [0.15, 0.2) is 0 Å². The predicted octanol–water partition coefficient (Wildman–Crippen LogP) is 1.36. The van der Waals surface area contributed by atoms with E-state index in [-0.39, 0.29) is 17.9 Å². The first-order valence-electron chi connectivity index (χ1n) is 9.16. The van der Waals surface area contributed by atoms with Gasteiger partial charge < -0.3 is 19.4 Å². The van der Waals surface area contributed by atoms with E-state index < -0.39 is 0 Å². The van der Waals surface area contributed by atoms with Crippen molar-refractivity contribution < 1.29 is 14.3 Å². The van der Waals surface area contributed by atoms with Crippen molar-refractivity contribution in [3.8, 4) is 0 Å². The number of likely N-dealkylation sites (N-methyl/N-ethyl adjacent to an activating group) is 1. The first-order chi connectivity index (χ1) is 12.2. The van der Waals surface area contributed by atoms with Gasteiger partial charge in [-0.05, 0) is 31.9 Å². The Bertz CT molecular complexity index is 587. The van der Waals surface area contributed by atoms with Gasteiger partial charge >= 0.3 is 0 Å². The number of likely N-dealkylation sites (tertiary alicyclic amines) is 1. The van der Waals surface area contributed by atoms with Crippen LogP contribution in [0.2, 0.25) is 0 Å². The third-order valence-electron chi connectivity index (χ3n) is 5.01. The van der Waals surface area contributed by atoms with Crippen molar-refractivity contribution in [1.29, 1.82) is 0 Å². The largest absolute Gasteiger partial charge is 0.378 e. The average molecular weight is 345 g/mol. The molecule has 0 bridgehead atoms. The standard InChI is InChI=1S/C19H27N3O3/c1-2-20(16-7-4-3-5-8-16)15-18(23)22-10-6-9-17(22)19(24)21-11-13-25-14-12-21/h3-5,7-8,17H,2,6,9-15H2,1H3/t17-/m1/s1. The Morgan fingerprint density at radius 2 is 1.88 bits per heavy atom. The van der Waals surface area contributed by atoms with Crippen molar-refractivity contribution in [3.63, 3.8) is 0 Å². The Labute approximate surface area is 149 Å². The Kier molecular flexibility index (Phi) is 5.91. The minimum atomic E-state index is -0.305. The van der Waals surface area contributed by atoms with E-state index in [0.29, 0.717) is 39.4 Å². The van der Waals surface area contributed by atoms with E-state index in [1.165, 1.54) is 0 Å². The van der Waals surface area contributed by atoms with Gasteiger partial charge in [-0.25, -0.2) is 0 Å². The lowest BCUT2D eigenvalue weighted by Gasteiger charge is -2.33. The van der Waals surface area contributed by atoms with Crippen LogP contribution in [0.1, 0.15) is 19.8 Å². The van der Waals surface area contributed by atoms with Gasteiger partial charge in [0, 0.05) is 31.9 Å². The lowest BCUT2D eigenvalue weighted by atomic mass is 10.1. The van der Waals surface area contributed by atoms with Crippen LogP contribution in [0.15, 0.2) is 30.3 Å². The summed E-state index contributed by atoms with van der Waals surface area (Å²) >= 11 is 0. The van der Waals surface area contributed by atoms with Gasteiger partial charge in [0.1, 0.15) is 6.04 Å². The molecule has 1 aromatic rings. The monoisotopic (exact) mass is 345 g/mol. The zero-order valence-electron chi connectivity index (χ0n) is 14.9. The van der Waals surface area contributed by atoms with Crippen LogP contribution in [0.3, 0.4) is 0 Å². The molecule has 0 aliphatic carbocycles. The number of carbonyl (C=O) groups is 2. The maximum Gasteiger partial charge on any atom is 0.245 e. The van der Waals surface area contributed by atoms with Crippen molar-refractivity contribution in [2.75, 3.05) is 50.8 Å². The highest BCUT2D eigenvalue weighted by Gasteiger charge is 2.37. The highest BCUT2D eigenvalue weighted by molar-refractivity contribution is 5.90. The van der Waals surface area contributed by atoms with Crippen LogP contribution in [0.5, 0.6) is 0 Å². The van der Waals surface area contributed by atoms with Crippen LogP contribution in [-0.4, -0.2) is 73.6 Å². The van der Waals surface area contributed by atoms with Crippen LogP contribution in [0, 0.1) is 0 Å². The van der Waals surface area contributed by atoms with Gasteiger partial charge in [-0.3, -0.25) is 9.59 Å². The van der Waals surface area contributed by atoms with Crippen molar-refractivity contribution in [1.82, 2.24) is 9.80 Å². The number of para-hydroxylation sites is 1. The molecule has 0 unspecified atom stereocenters. The Morgan fingerprint density at radius 3 is 2.56 bits per heavy atom. The van der Waals surface area contributed by atoms with Gasteiger partial charge in [0.05, 0.1) is 19.8 Å². The smallest absolute Gasteiger partial charge is 0.245 e. The third kappa shape index (κ3) is 4.12. The lowest BCUT2D eigenvalue weighted by molar-refractivity contribution is -0.145. The molecule has 136 valence electrons. The fraction of sp³-hybridized carbons (Fsp3) is 0.579. The number of carbonyl (C=O) groups excluding carboxylic acids is 2. The van der Waals surface area contributed by atoms with Gasteiger partial charge in [0.25, 0.3) is 0 Å². The van der Waals surface area contributed by atoms with E-state index in [9.17, 15) is 9.59 Å². The molecule has 2 amide bonds. The molecule has 0 saturated carbocycles. The molecule has 0 spiro atoms. The van der Waals surface area contributed by atoms with Crippen LogP contribution in [0.4, 0.5) is 5.69 Å². The van der Waals surface area contributed by atoms with Gasteiger partial charge in [-0.15, -0.1) is 0 Å². The summed E-state index contributed by atoms with van der Waals surface area (Å²) in [7, 11) is 0. The Morgan fingerprint density at radius 1 is 1.16 bits per heavy atom. The molecule has 6 heteroatoms. The molecule has 25 heavy (non-hydrogen) atoms. The van der Waals surface area contributed by atoms with E-state index in [1.54, 1.807) is 4.90 Å². The SMILES string of the molecule is CCN(CC(=O)N1CCC[C@@H]1C(=O)N1CCOCC1)c1ccccc1. The van der Waals surface area contributed by atoms with Crippen molar-refractivity contribution in [3.05, 3.63) is 30.3 Å². The molecule has 2 fully saturated rings. The molecular formula is C19H27N3O3. The summed E-state index contributed by atoms with van der Waals surface area (Å²) in [6.07, 6.45) is 1.66. The molecule has 0 radical (unpaired) electrons. The number of morpholine rings is 1. The van der Waals surface area contributed by atoms with Gasteiger partial charge in [-0.2, -0.15) is 0 Å². The summed E-state index contributed by atoms with van der Waals surface area (Å²) < 4.78 is 5.32. The quantitative estimate of drug-likeness (QED) is 0.809. The summed E-state index contributed by atoms with van der Waals surface area (Å²) in [5.41, 5.74) is 1.04. The maximum absolute atomic E-state index is 12.9. The van der Waals surface area contributed by atoms with E-state index >= 15 is 0 Å². The second-order valence-electron chi connectivity index (χ2n) is 6.53. The van der Waals surface area contributed by atoms with E-state index in [4.69, 9.17) is 4.74 Å². The molecule has 2 saturated heterocycles. The fourth-order valence-electron chi connectivity index (χ4n) is 3.60. The van der Waals surface area contributed by atoms with Crippen molar-refractivity contribution in [2.45, 2.75) is 25.8 Å². The van der Waals surface area contributed by atoms with E-state index in [2.05, 4.69) is 4.90 Å². The van der Waals surface area contributed by atoms with E-state index in [0.717, 1.165) is 25.1 Å². The number of hydrogen-bond acceptors (Lipinski definition) is 4. The minimum Gasteiger partial charge on any atom is -0.378 e. The number of ether oxygens (including phenoxy) is 1. The van der Waals surface area contributed by atoms with Crippen LogP contribution in [-0.2, 0) is 14.3 Å². The predicted molar refractivity (Wildman–Crippen MR) is 96.5 cm³/mol. The average Bonchev–Trinajstić information content (AvgIpc) is 3.16. The van der Waals surface area contributed by atoms with Crippen LogP contribution in [0.25, 0.3) is 0 Å². The number of amides is 2. The normalized spacial score (nSPS) is 20.6. The van der Waals surface area contributed by atoms with Gasteiger partial charge in [-0.1, -0.05) is 18.2 Å². The summed E-state index contributed by atoms with van der Waals surface area (Å²) in [6, 6.07) is 9.64. The van der Waals surface area contributed by atoms with Crippen LogP contribution < -0.4 is 4.90 Å². The molecular weight excluding hydrogens is 318 g/mol. The topological polar surface area (TPSA) is 53.1 Å². The molecule has 6 nitrogen and oxygen atoms in total. The maximum atomic E-state index is 12.9. The van der Waals surface area contributed by atoms with E-state index in [1.807, 2.05) is 42.2 Å². The molecule has 3 rings (SSSR count). The molecule has 2 aliphatic heterocycles. The molecule has 2 aliphatic rings. The second-order valence-corrected chi connectivity index (χ2v) is 6.53. The summed E-state index contributed by atoms with van der Waals surface area (Å²) in [6.45, 7) is 6.21. The first-order valence-corrected chi connectivity index (χ1v) is 9.16. The third-order valence-corrected chi connectivity index (χ3v) is 5.01. The second kappa shape index (κ2) is 8.34. The molecule has 0 aromatic heterocycles. The molecule has 1 aromatic carbocycles. The van der Waals surface area contributed by atoms with Crippen molar-refractivity contribution in [2.24, 2.45) is 0 Å². The Hall–Kier alpha value is -2.08.